The summed E-state index contributed by atoms with van der Waals surface area (Å²) in [5, 5.41) is 18.1. The van der Waals surface area contributed by atoms with Crippen LogP contribution in [0.5, 0.6) is 0 Å². The number of aliphatic hydroxyl groups is 1. The fourth-order valence-corrected chi connectivity index (χ4v) is 3.41. The first-order valence-electron chi connectivity index (χ1n) is 9.00. The molecule has 0 bridgehead atoms. The largest absolute Gasteiger partial charge is 0.386 e. The maximum atomic E-state index is 12.6. The molecule has 0 spiro atoms. The van der Waals surface area contributed by atoms with Crippen LogP contribution in [-0.4, -0.2) is 56.0 Å². The zero-order valence-electron chi connectivity index (χ0n) is 15.6. The van der Waals surface area contributed by atoms with Crippen LogP contribution in [0.4, 0.5) is 5.95 Å². The van der Waals surface area contributed by atoms with Gasteiger partial charge in [0, 0.05) is 37.7 Å². The van der Waals surface area contributed by atoms with Crippen LogP contribution in [-0.2, 0) is 6.54 Å². The van der Waals surface area contributed by atoms with Gasteiger partial charge in [0.15, 0.2) is 0 Å². The summed E-state index contributed by atoms with van der Waals surface area (Å²) in [4.78, 5) is 23.0. The molecule has 8 heteroatoms. The average Bonchev–Trinajstić information content (AvgIpc) is 3.15. The summed E-state index contributed by atoms with van der Waals surface area (Å²) < 4.78 is 1.86. The quantitative estimate of drug-likeness (QED) is 0.802. The summed E-state index contributed by atoms with van der Waals surface area (Å²) in [6.07, 6.45) is 4.88. The molecule has 3 heterocycles. The van der Waals surface area contributed by atoms with Gasteiger partial charge in [-0.1, -0.05) is 6.92 Å². The number of β-amino-alcohol motifs (C(OH)–C–C–N with tert-alkyl or cyclic N) is 1. The zero-order valence-corrected chi connectivity index (χ0v) is 15.6. The Kier molecular flexibility index (Phi) is 5.22. The molecule has 0 aliphatic carbocycles. The van der Waals surface area contributed by atoms with Crippen molar-refractivity contribution in [3.63, 3.8) is 0 Å². The smallest absolute Gasteiger partial charge is 0.255 e. The summed E-state index contributed by atoms with van der Waals surface area (Å²) in [6, 6.07) is 1.76. The van der Waals surface area contributed by atoms with Gasteiger partial charge in [-0.2, -0.15) is 5.10 Å². The Hall–Kier alpha value is -2.48. The van der Waals surface area contributed by atoms with Crippen LogP contribution in [0.25, 0.3) is 0 Å². The Morgan fingerprint density at radius 1 is 1.35 bits per heavy atom. The predicted octanol–water partition coefficient (Wildman–Crippen LogP) is 1.07. The van der Waals surface area contributed by atoms with E-state index in [-0.39, 0.29) is 12.5 Å². The highest BCUT2D eigenvalue weighted by Crippen LogP contribution is 2.24. The minimum atomic E-state index is -0.990. The van der Waals surface area contributed by atoms with E-state index in [2.05, 4.69) is 27.3 Å². The van der Waals surface area contributed by atoms with Crippen molar-refractivity contribution in [2.24, 2.45) is 0 Å². The molecule has 2 aromatic rings. The highest BCUT2D eigenvalue weighted by atomic mass is 16.3. The van der Waals surface area contributed by atoms with Crippen LogP contribution >= 0.6 is 0 Å². The van der Waals surface area contributed by atoms with E-state index in [1.807, 2.05) is 23.4 Å². The highest BCUT2D eigenvalue weighted by Gasteiger charge is 2.37. The van der Waals surface area contributed by atoms with E-state index in [1.165, 1.54) is 0 Å². The molecule has 2 aromatic heterocycles. The normalized spacial score (nSPS) is 19.8. The van der Waals surface area contributed by atoms with Crippen molar-refractivity contribution in [3.8, 4) is 0 Å². The van der Waals surface area contributed by atoms with Crippen LogP contribution in [0.2, 0.25) is 0 Å². The van der Waals surface area contributed by atoms with Gasteiger partial charge in [0.05, 0.1) is 17.8 Å². The molecule has 1 unspecified atom stereocenters. The number of rotatable bonds is 6. The van der Waals surface area contributed by atoms with Crippen molar-refractivity contribution in [1.29, 1.82) is 0 Å². The number of hydrogen-bond acceptors (Lipinski definition) is 6. The summed E-state index contributed by atoms with van der Waals surface area (Å²) in [7, 11) is 0. The van der Waals surface area contributed by atoms with Gasteiger partial charge < -0.3 is 15.3 Å². The Balaban J connectivity index is 1.63. The molecule has 8 nitrogen and oxygen atoms in total. The molecule has 1 amide bonds. The summed E-state index contributed by atoms with van der Waals surface area (Å²) in [5.74, 6) is 0.410. The van der Waals surface area contributed by atoms with Crippen LogP contribution in [0, 0.1) is 13.8 Å². The lowest BCUT2D eigenvalue weighted by atomic mass is 10.0. The van der Waals surface area contributed by atoms with Crippen molar-refractivity contribution >= 4 is 11.9 Å². The Labute approximate surface area is 153 Å². The van der Waals surface area contributed by atoms with Gasteiger partial charge >= 0.3 is 0 Å². The van der Waals surface area contributed by atoms with Crippen molar-refractivity contribution in [2.45, 2.75) is 45.8 Å². The number of nitrogens with one attached hydrogen (secondary N) is 1. The van der Waals surface area contributed by atoms with Gasteiger partial charge in [-0.25, -0.2) is 9.97 Å². The molecule has 1 atom stereocenters. The van der Waals surface area contributed by atoms with Crippen molar-refractivity contribution in [2.75, 3.05) is 24.5 Å². The van der Waals surface area contributed by atoms with E-state index in [1.54, 1.807) is 18.5 Å². The Bertz CT molecular complexity index is 775. The molecule has 2 N–H and O–H groups in total. The van der Waals surface area contributed by atoms with Crippen molar-refractivity contribution in [3.05, 3.63) is 35.4 Å². The molecule has 3 rings (SSSR count). The van der Waals surface area contributed by atoms with E-state index in [4.69, 9.17) is 0 Å². The van der Waals surface area contributed by atoms with Gasteiger partial charge in [-0.3, -0.25) is 9.48 Å². The minimum absolute atomic E-state index is 0.188. The molecule has 1 fully saturated rings. The monoisotopic (exact) mass is 358 g/mol. The first-order chi connectivity index (χ1) is 12.4. The molecule has 140 valence electrons. The molecule has 1 aliphatic rings. The molecule has 1 aliphatic heterocycles. The minimum Gasteiger partial charge on any atom is -0.386 e. The SMILES string of the molecule is CCCn1nc(C)c(C(=O)NCC2(O)CCN(c3ncccn3)C2)c1C. The number of anilines is 1. The van der Waals surface area contributed by atoms with Crippen LogP contribution in [0.1, 0.15) is 41.5 Å². The second-order valence-corrected chi connectivity index (χ2v) is 6.90. The van der Waals surface area contributed by atoms with E-state index >= 15 is 0 Å². The lowest BCUT2D eigenvalue weighted by Crippen LogP contribution is -2.45. The second-order valence-electron chi connectivity index (χ2n) is 6.90. The molecule has 0 radical (unpaired) electrons. The van der Waals surface area contributed by atoms with Gasteiger partial charge in [0.1, 0.15) is 5.60 Å². The topological polar surface area (TPSA) is 96.2 Å². The first kappa shape index (κ1) is 18.3. The van der Waals surface area contributed by atoms with Gasteiger partial charge in [0.2, 0.25) is 5.95 Å². The Morgan fingerprint density at radius 2 is 2.08 bits per heavy atom. The van der Waals surface area contributed by atoms with Crippen LogP contribution < -0.4 is 10.2 Å². The summed E-state index contributed by atoms with van der Waals surface area (Å²) in [6.45, 7) is 7.85. The van der Waals surface area contributed by atoms with Gasteiger partial charge in [0.25, 0.3) is 5.91 Å². The number of carbonyl (C=O) groups excluding carboxylic acids is 1. The number of hydrogen-bond donors (Lipinski definition) is 2. The molecule has 0 saturated carbocycles. The third-order valence-electron chi connectivity index (χ3n) is 4.79. The standard InChI is InChI=1S/C18H26N6O2/c1-4-9-24-14(3)15(13(2)22-24)16(25)21-11-18(26)6-10-23(12-18)17-19-7-5-8-20-17/h5,7-8,26H,4,6,9-12H2,1-3H3,(H,21,25). The highest BCUT2D eigenvalue weighted by molar-refractivity contribution is 5.96. The molecular weight excluding hydrogens is 332 g/mol. The van der Waals surface area contributed by atoms with Crippen molar-refractivity contribution in [1.82, 2.24) is 25.1 Å². The molecule has 26 heavy (non-hydrogen) atoms. The Morgan fingerprint density at radius 3 is 2.77 bits per heavy atom. The second kappa shape index (κ2) is 7.41. The van der Waals surface area contributed by atoms with Gasteiger partial charge in [-0.15, -0.1) is 0 Å². The lowest BCUT2D eigenvalue weighted by molar-refractivity contribution is 0.0575. The zero-order chi connectivity index (χ0) is 18.7. The number of aromatic nitrogens is 4. The number of aryl methyl sites for hydroxylation is 2. The predicted molar refractivity (Wildman–Crippen MR) is 98.1 cm³/mol. The third kappa shape index (κ3) is 3.70. The number of nitrogens with zero attached hydrogens (tertiary/aromatic N) is 5. The maximum Gasteiger partial charge on any atom is 0.255 e. The fourth-order valence-electron chi connectivity index (χ4n) is 3.41. The maximum absolute atomic E-state index is 12.6. The van der Waals surface area contributed by atoms with Gasteiger partial charge in [-0.05, 0) is 32.8 Å². The van der Waals surface area contributed by atoms with E-state index in [0.717, 1.165) is 18.7 Å². The van der Waals surface area contributed by atoms with E-state index in [0.29, 0.717) is 36.7 Å². The number of amides is 1. The van der Waals surface area contributed by atoms with E-state index < -0.39 is 5.60 Å². The average molecular weight is 358 g/mol. The molecule has 0 aromatic carbocycles. The lowest BCUT2D eigenvalue weighted by Gasteiger charge is -2.23. The molecular formula is C18H26N6O2. The van der Waals surface area contributed by atoms with E-state index in [9.17, 15) is 9.90 Å². The molecule has 1 saturated heterocycles. The van der Waals surface area contributed by atoms with Crippen LogP contribution in [0.3, 0.4) is 0 Å². The number of carbonyl (C=O) groups is 1. The van der Waals surface area contributed by atoms with Crippen LogP contribution in [0.15, 0.2) is 18.5 Å². The summed E-state index contributed by atoms with van der Waals surface area (Å²) in [5.41, 5.74) is 1.19. The fraction of sp³-hybridized carbons (Fsp3) is 0.556. The van der Waals surface area contributed by atoms with Crippen molar-refractivity contribution < 1.29 is 9.90 Å². The first-order valence-corrected chi connectivity index (χ1v) is 9.00. The third-order valence-corrected chi connectivity index (χ3v) is 4.79. The summed E-state index contributed by atoms with van der Waals surface area (Å²) >= 11 is 0.